The van der Waals surface area contributed by atoms with Gasteiger partial charge in [-0.05, 0) is 6.92 Å². The first kappa shape index (κ1) is 15.3. The smallest absolute Gasteiger partial charge is 0.361 e. The van der Waals surface area contributed by atoms with Gasteiger partial charge >= 0.3 is 12.0 Å². The molecule has 0 saturated heterocycles. The zero-order chi connectivity index (χ0) is 15.1. The number of urea groups is 1. The molecule has 3 N–H and O–H groups in total. The Morgan fingerprint density at radius 1 is 1.50 bits per heavy atom. The number of aryl methyl sites for hydroxylation is 1. The van der Waals surface area contributed by atoms with Crippen molar-refractivity contribution >= 4 is 17.9 Å². The number of aromatic nitrogens is 3. The van der Waals surface area contributed by atoms with E-state index in [1.54, 1.807) is 6.92 Å². The fourth-order valence-electron chi connectivity index (χ4n) is 1.37. The lowest BCUT2D eigenvalue weighted by molar-refractivity contribution is -0.120. The molecule has 1 rings (SSSR count). The molecule has 9 heteroatoms. The number of hydrogen-bond acceptors (Lipinski definition) is 6. The molecule has 1 heterocycles. The second-order valence-electron chi connectivity index (χ2n) is 3.80. The largest absolute Gasteiger partial charge is 0.457 e. The van der Waals surface area contributed by atoms with Crippen LogP contribution in [-0.2, 0) is 16.1 Å². The molecule has 1 aromatic rings. The van der Waals surface area contributed by atoms with E-state index >= 15 is 0 Å². The van der Waals surface area contributed by atoms with Crippen LogP contribution in [-0.4, -0.2) is 39.5 Å². The van der Waals surface area contributed by atoms with Gasteiger partial charge in [-0.2, -0.15) is 0 Å². The standard InChI is InChI=1S/C11H15N5O4/c1-3-6-20-10(18)9-7(2)16(15-14-9)5-4-8(17)13-11(12)19/h3H,1,4-6H2,2H3,(H3,12,13,17,19). The van der Waals surface area contributed by atoms with Gasteiger partial charge in [0.05, 0.1) is 12.2 Å². The van der Waals surface area contributed by atoms with Gasteiger partial charge in [0.2, 0.25) is 5.91 Å². The molecule has 9 nitrogen and oxygen atoms in total. The van der Waals surface area contributed by atoms with E-state index in [-0.39, 0.29) is 25.3 Å². The Balaban J connectivity index is 2.63. The van der Waals surface area contributed by atoms with Gasteiger partial charge in [0.25, 0.3) is 0 Å². The van der Waals surface area contributed by atoms with Crippen molar-refractivity contribution in [1.29, 1.82) is 0 Å². The fourth-order valence-corrected chi connectivity index (χ4v) is 1.37. The topological polar surface area (TPSA) is 129 Å². The van der Waals surface area contributed by atoms with Crippen LogP contribution in [0.5, 0.6) is 0 Å². The van der Waals surface area contributed by atoms with Crippen LogP contribution in [0.1, 0.15) is 22.6 Å². The highest BCUT2D eigenvalue weighted by Crippen LogP contribution is 2.06. The van der Waals surface area contributed by atoms with Crippen LogP contribution in [0.2, 0.25) is 0 Å². The summed E-state index contributed by atoms with van der Waals surface area (Å²) in [7, 11) is 0. The van der Waals surface area contributed by atoms with E-state index in [4.69, 9.17) is 10.5 Å². The number of nitrogens with one attached hydrogen (secondary N) is 1. The molecule has 108 valence electrons. The summed E-state index contributed by atoms with van der Waals surface area (Å²) in [5.41, 5.74) is 5.34. The molecule has 0 fully saturated rings. The van der Waals surface area contributed by atoms with Gasteiger partial charge in [0, 0.05) is 6.42 Å². The van der Waals surface area contributed by atoms with Crippen molar-refractivity contribution in [2.24, 2.45) is 5.73 Å². The summed E-state index contributed by atoms with van der Waals surface area (Å²) in [5, 5.41) is 9.35. The summed E-state index contributed by atoms with van der Waals surface area (Å²) in [4.78, 5) is 33.3. The minimum atomic E-state index is -0.918. The summed E-state index contributed by atoms with van der Waals surface area (Å²) >= 11 is 0. The molecule has 0 aliphatic carbocycles. The molecule has 0 aliphatic rings. The highest BCUT2D eigenvalue weighted by atomic mass is 16.5. The third-order valence-corrected chi connectivity index (χ3v) is 2.32. The minimum Gasteiger partial charge on any atom is -0.457 e. The van der Waals surface area contributed by atoms with E-state index in [0.717, 1.165) is 0 Å². The summed E-state index contributed by atoms with van der Waals surface area (Å²) in [5.74, 6) is -1.15. The summed E-state index contributed by atoms with van der Waals surface area (Å²) in [6.07, 6.45) is 1.42. The maximum atomic E-state index is 11.6. The number of primary amides is 1. The molecule has 0 aromatic carbocycles. The van der Waals surface area contributed by atoms with Crippen LogP contribution in [0.15, 0.2) is 12.7 Å². The van der Waals surface area contributed by atoms with Crippen molar-refractivity contribution in [3.8, 4) is 0 Å². The van der Waals surface area contributed by atoms with Crippen LogP contribution in [0.4, 0.5) is 4.79 Å². The average molecular weight is 281 g/mol. The molecule has 1 aromatic heterocycles. The lowest BCUT2D eigenvalue weighted by atomic mass is 10.3. The number of hydrogen-bond donors (Lipinski definition) is 2. The Bertz CT molecular complexity index is 537. The number of nitrogens with two attached hydrogens (primary N) is 1. The molecule has 20 heavy (non-hydrogen) atoms. The molecule has 0 bridgehead atoms. The number of carbonyl (C=O) groups is 3. The highest BCUT2D eigenvalue weighted by Gasteiger charge is 2.18. The summed E-state index contributed by atoms with van der Waals surface area (Å²) in [6, 6.07) is -0.918. The van der Waals surface area contributed by atoms with E-state index in [2.05, 4.69) is 16.9 Å². The van der Waals surface area contributed by atoms with Crippen molar-refractivity contribution in [3.05, 3.63) is 24.0 Å². The average Bonchev–Trinajstić information content (AvgIpc) is 2.74. The van der Waals surface area contributed by atoms with E-state index in [0.29, 0.717) is 5.69 Å². The van der Waals surface area contributed by atoms with Gasteiger partial charge in [-0.25, -0.2) is 14.3 Å². The molecule has 0 saturated carbocycles. The van der Waals surface area contributed by atoms with Crippen molar-refractivity contribution in [2.75, 3.05) is 6.61 Å². The number of imide groups is 1. The van der Waals surface area contributed by atoms with Crippen molar-refractivity contribution < 1.29 is 19.1 Å². The first-order valence-corrected chi connectivity index (χ1v) is 5.73. The predicted molar refractivity (Wildman–Crippen MR) is 67.6 cm³/mol. The summed E-state index contributed by atoms with van der Waals surface area (Å²) < 4.78 is 6.20. The Hall–Kier alpha value is -2.71. The van der Waals surface area contributed by atoms with Gasteiger partial charge in [-0.15, -0.1) is 5.10 Å². The SMILES string of the molecule is C=CCOC(=O)c1nnn(CCC(=O)NC(N)=O)c1C. The lowest BCUT2D eigenvalue weighted by Gasteiger charge is -2.03. The Morgan fingerprint density at radius 3 is 2.80 bits per heavy atom. The zero-order valence-electron chi connectivity index (χ0n) is 11.0. The fraction of sp³-hybridized carbons (Fsp3) is 0.364. The van der Waals surface area contributed by atoms with E-state index in [1.165, 1.54) is 10.8 Å². The van der Waals surface area contributed by atoms with Crippen LogP contribution in [0.25, 0.3) is 0 Å². The van der Waals surface area contributed by atoms with Crippen LogP contribution in [0, 0.1) is 6.92 Å². The maximum Gasteiger partial charge on any atom is 0.361 e. The number of nitrogens with zero attached hydrogens (tertiary/aromatic N) is 3. The quantitative estimate of drug-likeness (QED) is 0.535. The molecular weight excluding hydrogens is 266 g/mol. The highest BCUT2D eigenvalue weighted by molar-refractivity contribution is 5.93. The third-order valence-electron chi connectivity index (χ3n) is 2.32. The van der Waals surface area contributed by atoms with Crippen molar-refractivity contribution in [2.45, 2.75) is 19.9 Å². The molecule has 0 spiro atoms. The molecule has 0 atom stereocenters. The summed E-state index contributed by atoms with van der Waals surface area (Å²) in [6.45, 7) is 5.28. The lowest BCUT2D eigenvalue weighted by Crippen LogP contribution is -2.35. The van der Waals surface area contributed by atoms with Gasteiger partial charge in [0.1, 0.15) is 6.61 Å². The van der Waals surface area contributed by atoms with E-state index in [9.17, 15) is 14.4 Å². The molecule has 0 radical (unpaired) electrons. The normalized spacial score (nSPS) is 9.85. The Kier molecular flexibility index (Phi) is 5.39. The van der Waals surface area contributed by atoms with Gasteiger partial charge < -0.3 is 10.5 Å². The molecule has 0 aliphatic heterocycles. The predicted octanol–water partition coefficient (Wildman–Crippen LogP) is -0.486. The van der Waals surface area contributed by atoms with Crippen LogP contribution in [0.3, 0.4) is 0 Å². The Morgan fingerprint density at radius 2 is 2.20 bits per heavy atom. The first-order valence-electron chi connectivity index (χ1n) is 5.73. The minimum absolute atomic E-state index is 0.0196. The number of carbonyl (C=O) groups excluding carboxylic acids is 3. The van der Waals surface area contributed by atoms with Gasteiger partial charge in [-0.1, -0.05) is 17.9 Å². The van der Waals surface area contributed by atoms with E-state index < -0.39 is 17.9 Å². The van der Waals surface area contributed by atoms with E-state index in [1.807, 2.05) is 5.32 Å². The number of rotatable bonds is 6. The first-order chi connectivity index (χ1) is 9.45. The van der Waals surface area contributed by atoms with Gasteiger partial charge in [0.15, 0.2) is 5.69 Å². The second-order valence-corrected chi connectivity index (χ2v) is 3.80. The zero-order valence-corrected chi connectivity index (χ0v) is 11.0. The number of amides is 3. The van der Waals surface area contributed by atoms with Crippen molar-refractivity contribution in [1.82, 2.24) is 20.3 Å². The molecule has 3 amide bonds. The number of ether oxygens (including phenoxy) is 1. The third kappa shape index (κ3) is 4.19. The second kappa shape index (κ2) is 7.02. The molecular formula is C11H15N5O4. The van der Waals surface area contributed by atoms with Crippen LogP contribution >= 0.6 is 0 Å². The van der Waals surface area contributed by atoms with Gasteiger partial charge in [-0.3, -0.25) is 10.1 Å². The Labute approximate surface area is 114 Å². The molecule has 0 unspecified atom stereocenters. The van der Waals surface area contributed by atoms with Crippen molar-refractivity contribution in [3.63, 3.8) is 0 Å². The van der Waals surface area contributed by atoms with Crippen LogP contribution < -0.4 is 11.1 Å². The monoisotopic (exact) mass is 281 g/mol. The number of esters is 1. The maximum absolute atomic E-state index is 11.6.